The van der Waals surface area contributed by atoms with Gasteiger partial charge in [0.25, 0.3) is 0 Å². The maximum absolute atomic E-state index is 12.5. The van der Waals surface area contributed by atoms with Crippen molar-refractivity contribution in [3.05, 3.63) is 24.3 Å². The third kappa shape index (κ3) is 71.3. The largest absolute Gasteiger partial charge is 0.466 e. The molecular weight excluding hydrogens is 1040 g/mol. The Bertz CT molecular complexity index is 1330. The molecule has 2 atom stereocenters. The fourth-order valence-corrected chi connectivity index (χ4v) is 12.5. The fraction of sp³-hybridized carbons (Fsp3) is 0.924. The zero-order valence-corrected chi connectivity index (χ0v) is 57.9. The second-order valence-electron chi connectivity index (χ2n) is 27.0. The van der Waals surface area contributed by atoms with Gasteiger partial charge in [-0.05, 0) is 77.0 Å². The van der Waals surface area contributed by atoms with Crippen LogP contribution in [0.15, 0.2) is 24.3 Å². The number of rotatable bonds is 74. The van der Waals surface area contributed by atoms with Crippen LogP contribution in [0.5, 0.6) is 0 Å². The molecular formula is C79H153NO5. The minimum atomic E-state index is -0.661. The highest BCUT2D eigenvalue weighted by atomic mass is 16.5. The van der Waals surface area contributed by atoms with Gasteiger partial charge in [0, 0.05) is 12.8 Å². The second-order valence-corrected chi connectivity index (χ2v) is 27.0. The average molecular weight is 1200 g/mol. The first-order valence-electron chi connectivity index (χ1n) is 39.1. The van der Waals surface area contributed by atoms with E-state index in [4.69, 9.17) is 4.74 Å². The number of unbranched alkanes of at least 4 members (excludes halogenated alkanes) is 59. The molecule has 0 fully saturated rings. The molecule has 0 aliphatic rings. The molecule has 6 nitrogen and oxygen atoms in total. The number of carbonyl (C=O) groups is 2. The smallest absolute Gasteiger partial charge is 0.305 e. The minimum absolute atomic E-state index is 0.0190. The summed E-state index contributed by atoms with van der Waals surface area (Å²) in [6.07, 6.45) is 95.6. The van der Waals surface area contributed by atoms with Crippen LogP contribution in [0.2, 0.25) is 0 Å². The Morgan fingerprint density at radius 3 is 0.835 bits per heavy atom. The van der Waals surface area contributed by atoms with E-state index in [0.717, 1.165) is 38.5 Å². The van der Waals surface area contributed by atoms with Gasteiger partial charge >= 0.3 is 5.97 Å². The average Bonchev–Trinajstić information content (AvgIpc) is 3.52. The lowest BCUT2D eigenvalue weighted by molar-refractivity contribution is -0.143. The van der Waals surface area contributed by atoms with Gasteiger partial charge in [0.2, 0.25) is 5.91 Å². The maximum atomic E-state index is 12.5. The number of hydrogen-bond acceptors (Lipinski definition) is 5. The maximum Gasteiger partial charge on any atom is 0.305 e. The minimum Gasteiger partial charge on any atom is -0.466 e. The van der Waals surface area contributed by atoms with Crippen LogP contribution < -0.4 is 5.32 Å². The van der Waals surface area contributed by atoms with Crippen LogP contribution >= 0.6 is 0 Å². The number of carbonyl (C=O) groups excluding carboxylic acids is 2. The summed E-state index contributed by atoms with van der Waals surface area (Å²) in [7, 11) is 0. The molecule has 6 heteroatoms. The summed E-state index contributed by atoms with van der Waals surface area (Å²) >= 11 is 0. The van der Waals surface area contributed by atoms with Gasteiger partial charge in [-0.2, -0.15) is 0 Å². The van der Waals surface area contributed by atoms with Crippen LogP contribution in [0.25, 0.3) is 0 Å². The van der Waals surface area contributed by atoms with E-state index in [2.05, 4.69) is 43.5 Å². The number of aliphatic hydroxyl groups is 2. The monoisotopic (exact) mass is 1200 g/mol. The van der Waals surface area contributed by atoms with Gasteiger partial charge in [-0.25, -0.2) is 0 Å². The van der Waals surface area contributed by atoms with Crippen LogP contribution in [0.4, 0.5) is 0 Å². The molecule has 1 amide bonds. The molecule has 0 radical (unpaired) electrons. The molecule has 0 aliphatic carbocycles. The standard InChI is InChI=1S/C79H153NO5/c1-3-5-7-9-11-13-15-17-19-41-45-49-53-57-61-65-69-73-79(84)85-74-70-66-62-58-54-50-46-43-40-38-36-34-32-30-28-26-24-22-20-21-23-25-27-29-31-33-35-37-39-42-44-48-52-56-60-64-68-72-78(83)80-76(75-81)77(82)71-67-63-59-55-51-47-18-16-14-12-10-8-6-4-2/h17,19-20,22,76-77,81-82H,3-16,18,21,23-75H2,1-2H3,(H,80,83)/b19-17-,22-20-. The number of aliphatic hydroxyl groups excluding tert-OH is 2. The third-order valence-electron chi connectivity index (χ3n) is 18.5. The molecule has 0 aromatic carbocycles. The van der Waals surface area contributed by atoms with E-state index in [9.17, 15) is 19.8 Å². The Morgan fingerprint density at radius 1 is 0.318 bits per heavy atom. The molecule has 0 bridgehead atoms. The number of esters is 1. The molecule has 0 aromatic rings. The van der Waals surface area contributed by atoms with E-state index in [-0.39, 0.29) is 18.5 Å². The van der Waals surface area contributed by atoms with Gasteiger partial charge in [-0.1, -0.05) is 378 Å². The molecule has 2 unspecified atom stereocenters. The summed E-state index contributed by atoms with van der Waals surface area (Å²) in [4.78, 5) is 24.6. The Kier molecular flexibility index (Phi) is 73.3. The summed E-state index contributed by atoms with van der Waals surface area (Å²) in [6, 6.07) is -0.538. The summed E-state index contributed by atoms with van der Waals surface area (Å²) < 4.78 is 5.51. The number of amides is 1. The highest BCUT2D eigenvalue weighted by molar-refractivity contribution is 5.76. The lowest BCUT2D eigenvalue weighted by Crippen LogP contribution is -2.45. The molecule has 0 heterocycles. The Balaban J connectivity index is 3.31. The molecule has 0 spiro atoms. The summed E-state index contributed by atoms with van der Waals surface area (Å²) in [6.45, 7) is 4.99. The predicted octanol–water partition coefficient (Wildman–Crippen LogP) is 25.7. The van der Waals surface area contributed by atoms with E-state index >= 15 is 0 Å². The molecule has 3 N–H and O–H groups in total. The molecule has 0 rings (SSSR count). The van der Waals surface area contributed by atoms with Gasteiger partial charge < -0.3 is 20.3 Å². The third-order valence-corrected chi connectivity index (χ3v) is 18.5. The van der Waals surface area contributed by atoms with Gasteiger partial charge in [0.05, 0.1) is 25.4 Å². The molecule has 0 aliphatic heterocycles. The highest BCUT2D eigenvalue weighted by Crippen LogP contribution is 2.20. The number of allylic oxidation sites excluding steroid dienone is 4. The van der Waals surface area contributed by atoms with E-state index in [0.29, 0.717) is 25.9 Å². The van der Waals surface area contributed by atoms with Crippen molar-refractivity contribution in [2.45, 2.75) is 456 Å². The molecule has 0 saturated heterocycles. The van der Waals surface area contributed by atoms with Crippen LogP contribution in [0.3, 0.4) is 0 Å². The number of hydrogen-bond donors (Lipinski definition) is 3. The topological polar surface area (TPSA) is 95.9 Å². The van der Waals surface area contributed by atoms with Crippen molar-refractivity contribution in [3.8, 4) is 0 Å². The Labute approximate surface area is 532 Å². The first-order chi connectivity index (χ1) is 42.0. The second kappa shape index (κ2) is 74.8. The van der Waals surface area contributed by atoms with Gasteiger partial charge in [0.15, 0.2) is 0 Å². The van der Waals surface area contributed by atoms with Crippen molar-refractivity contribution >= 4 is 11.9 Å². The lowest BCUT2D eigenvalue weighted by Gasteiger charge is -2.22. The summed E-state index contributed by atoms with van der Waals surface area (Å²) in [5.41, 5.74) is 0. The lowest BCUT2D eigenvalue weighted by atomic mass is 10.0. The number of nitrogens with one attached hydrogen (secondary N) is 1. The van der Waals surface area contributed by atoms with Crippen molar-refractivity contribution in [1.29, 1.82) is 0 Å². The van der Waals surface area contributed by atoms with Crippen LogP contribution in [0, 0.1) is 0 Å². The van der Waals surface area contributed by atoms with Crippen molar-refractivity contribution in [3.63, 3.8) is 0 Å². The van der Waals surface area contributed by atoms with Crippen LogP contribution in [-0.2, 0) is 14.3 Å². The van der Waals surface area contributed by atoms with Gasteiger partial charge in [0.1, 0.15) is 0 Å². The predicted molar refractivity (Wildman–Crippen MR) is 375 cm³/mol. The van der Waals surface area contributed by atoms with Crippen LogP contribution in [0.1, 0.15) is 444 Å². The quantitative estimate of drug-likeness (QED) is 0.0320. The molecule has 0 saturated carbocycles. The zero-order chi connectivity index (χ0) is 61.3. The molecule has 85 heavy (non-hydrogen) atoms. The van der Waals surface area contributed by atoms with Crippen LogP contribution in [-0.4, -0.2) is 47.4 Å². The van der Waals surface area contributed by atoms with E-state index < -0.39 is 12.1 Å². The summed E-state index contributed by atoms with van der Waals surface area (Å²) in [5, 5.41) is 23.3. The first kappa shape index (κ1) is 83.3. The van der Waals surface area contributed by atoms with Crippen molar-refractivity contribution in [2.24, 2.45) is 0 Å². The molecule has 0 aromatic heterocycles. The van der Waals surface area contributed by atoms with Crippen molar-refractivity contribution in [2.75, 3.05) is 13.2 Å². The van der Waals surface area contributed by atoms with Gasteiger partial charge in [-0.3, -0.25) is 9.59 Å². The van der Waals surface area contributed by atoms with E-state index in [1.54, 1.807) is 0 Å². The summed E-state index contributed by atoms with van der Waals surface area (Å²) in [5.74, 6) is -0.00897. The Morgan fingerprint density at radius 2 is 0.553 bits per heavy atom. The van der Waals surface area contributed by atoms with Gasteiger partial charge in [-0.15, -0.1) is 0 Å². The van der Waals surface area contributed by atoms with Crippen molar-refractivity contribution < 1.29 is 24.5 Å². The zero-order valence-electron chi connectivity index (χ0n) is 57.9. The molecule has 504 valence electrons. The number of ether oxygens (including phenoxy) is 1. The van der Waals surface area contributed by atoms with Crippen molar-refractivity contribution in [1.82, 2.24) is 5.32 Å². The van der Waals surface area contributed by atoms with E-state index in [1.807, 2.05) is 0 Å². The Hall–Kier alpha value is -1.66. The SMILES string of the molecule is CCCCCCCC/C=C\CCCCCCCCCC(=O)OCCCCCCCCCCCCCCCCCC/C=C\CCCCCCCCCCCCCCCCCCCC(=O)NC(CO)C(O)CCCCCCCCCCCCCCCC. The normalized spacial score (nSPS) is 12.6. The fourth-order valence-electron chi connectivity index (χ4n) is 12.5. The highest BCUT2D eigenvalue weighted by Gasteiger charge is 2.20. The van der Waals surface area contributed by atoms with E-state index in [1.165, 1.54) is 372 Å². The first-order valence-corrected chi connectivity index (χ1v) is 39.1.